The normalized spacial score (nSPS) is 19.1. The van der Waals surface area contributed by atoms with Gasteiger partial charge in [0.05, 0.1) is 12.3 Å². The molecule has 0 aromatic carbocycles. The molecule has 0 radical (unpaired) electrons. The van der Waals surface area contributed by atoms with Gasteiger partial charge in [-0.05, 0) is 13.8 Å². The van der Waals surface area contributed by atoms with Crippen LogP contribution < -0.4 is 0 Å². The third kappa shape index (κ3) is 3.45. The minimum Gasteiger partial charge on any atom is -0.481 e. The highest BCUT2D eigenvalue weighted by atomic mass is 16.4. The Kier molecular flexibility index (Phi) is 5.12. The molecule has 6 nitrogen and oxygen atoms in total. The Balaban J connectivity index is 2.57. The summed E-state index contributed by atoms with van der Waals surface area (Å²) >= 11 is 0. The van der Waals surface area contributed by atoms with Crippen LogP contribution in [0.25, 0.3) is 0 Å². The summed E-state index contributed by atoms with van der Waals surface area (Å²) in [5.74, 6) is -1.33. The molecular weight excluding hydrogens is 236 g/mol. The number of likely N-dealkylation sites (tertiary alicyclic amines) is 1. The molecule has 102 valence electrons. The van der Waals surface area contributed by atoms with Crippen molar-refractivity contribution in [2.45, 2.75) is 26.7 Å². The minimum atomic E-state index is -0.918. The van der Waals surface area contributed by atoms with Crippen LogP contribution in [-0.4, -0.2) is 58.9 Å². The molecule has 18 heavy (non-hydrogen) atoms. The maximum absolute atomic E-state index is 12.2. The van der Waals surface area contributed by atoms with Crippen LogP contribution >= 0.6 is 0 Å². The van der Waals surface area contributed by atoms with E-state index in [2.05, 4.69) is 0 Å². The summed E-state index contributed by atoms with van der Waals surface area (Å²) in [6.07, 6.45) is 0.188. The molecule has 0 bridgehead atoms. The second kappa shape index (κ2) is 6.37. The molecule has 0 spiro atoms. The van der Waals surface area contributed by atoms with Gasteiger partial charge in [0.15, 0.2) is 0 Å². The summed E-state index contributed by atoms with van der Waals surface area (Å²) in [7, 11) is 0. The largest absolute Gasteiger partial charge is 0.481 e. The van der Waals surface area contributed by atoms with Gasteiger partial charge in [0.2, 0.25) is 11.8 Å². The van der Waals surface area contributed by atoms with Crippen LogP contribution in [0.2, 0.25) is 0 Å². The lowest BCUT2D eigenvalue weighted by Crippen LogP contribution is -2.38. The van der Waals surface area contributed by atoms with Crippen molar-refractivity contribution in [1.29, 1.82) is 0 Å². The van der Waals surface area contributed by atoms with Crippen molar-refractivity contribution in [2.24, 2.45) is 5.92 Å². The molecule has 1 N–H and O–H groups in total. The van der Waals surface area contributed by atoms with Crippen LogP contribution in [0.1, 0.15) is 26.7 Å². The van der Waals surface area contributed by atoms with E-state index in [1.54, 1.807) is 4.90 Å². The highest BCUT2D eigenvalue weighted by molar-refractivity contribution is 5.89. The summed E-state index contributed by atoms with van der Waals surface area (Å²) in [4.78, 5) is 37.4. The Morgan fingerprint density at radius 2 is 2.11 bits per heavy atom. The summed E-state index contributed by atoms with van der Waals surface area (Å²) in [5, 5.41) is 8.63. The van der Waals surface area contributed by atoms with E-state index in [0.29, 0.717) is 19.6 Å². The Hall–Kier alpha value is -1.59. The smallest absolute Gasteiger partial charge is 0.305 e. The van der Waals surface area contributed by atoms with Crippen LogP contribution in [0.4, 0.5) is 0 Å². The summed E-state index contributed by atoms with van der Waals surface area (Å²) in [6, 6.07) is 0. The fraction of sp³-hybridized carbons (Fsp3) is 0.750. The highest BCUT2D eigenvalue weighted by Crippen LogP contribution is 2.19. The number of hydrogen-bond acceptors (Lipinski definition) is 3. The van der Waals surface area contributed by atoms with Gasteiger partial charge in [-0.25, -0.2) is 0 Å². The van der Waals surface area contributed by atoms with Gasteiger partial charge >= 0.3 is 5.97 Å². The maximum atomic E-state index is 12.2. The van der Waals surface area contributed by atoms with Crippen LogP contribution in [0.5, 0.6) is 0 Å². The van der Waals surface area contributed by atoms with Gasteiger partial charge in [-0.15, -0.1) is 0 Å². The quantitative estimate of drug-likeness (QED) is 0.735. The lowest BCUT2D eigenvalue weighted by Gasteiger charge is -2.23. The van der Waals surface area contributed by atoms with E-state index < -0.39 is 5.97 Å². The summed E-state index contributed by atoms with van der Waals surface area (Å²) in [5.41, 5.74) is 0. The van der Waals surface area contributed by atoms with Crippen molar-refractivity contribution in [3.05, 3.63) is 0 Å². The summed E-state index contributed by atoms with van der Waals surface area (Å²) in [6.45, 7) is 5.45. The molecule has 1 aliphatic rings. The molecule has 2 amide bonds. The molecule has 1 rings (SSSR count). The molecule has 0 aliphatic carbocycles. The minimum absolute atomic E-state index is 0.00476. The molecule has 1 atom stereocenters. The van der Waals surface area contributed by atoms with Gasteiger partial charge in [0, 0.05) is 32.6 Å². The van der Waals surface area contributed by atoms with Crippen molar-refractivity contribution in [3.63, 3.8) is 0 Å². The Morgan fingerprint density at radius 3 is 2.56 bits per heavy atom. The van der Waals surface area contributed by atoms with Gasteiger partial charge in [0.1, 0.15) is 0 Å². The van der Waals surface area contributed by atoms with Crippen LogP contribution in [0, 0.1) is 5.92 Å². The fourth-order valence-corrected chi connectivity index (χ4v) is 2.16. The van der Waals surface area contributed by atoms with Gasteiger partial charge in [-0.1, -0.05) is 0 Å². The first-order valence-electron chi connectivity index (χ1n) is 6.27. The van der Waals surface area contributed by atoms with Crippen molar-refractivity contribution >= 4 is 17.8 Å². The average molecular weight is 256 g/mol. The number of aliphatic carboxylic acids is 1. The third-order valence-electron chi connectivity index (χ3n) is 3.23. The molecule has 1 fully saturated rings. The van der Waals surface area contributed by atoms with Gasteiger partial charge < -0.3 is 14.9 Å². The first-order valence-corrected chi connectivity index (χ1v) is 6.27. The predicted molar refractivity (Wildman–Crippen MR) is 64.9 cm³/mol. The van der Waals surface area contributed by atoms with E-state index in [9.17, 15) is 14.4 Å². The van der Waals surface area contributed by atoms with Crippen LogP contribution in [0.3, 0.4) is 0 Å². The summed E-state index contributed by atoms with van der Waals surface area (Å²) < 4.78 is 0. The Bertz CT molecular complexity index is 343. The number of carboxylic acid groups (broad SMARTS) is 1. The van der Waals surface area contributed by atoms with Gasteiger partial charge in [0.25, 0.3) is 0 Å². The Morgan fingerprint density at radius 1 is 1.44 bits per heavy atom. The molecule has 1 saturated heterocycles. The van der Waals surface area contributed by atoms with Gasteiger partial charge in [-0.3, -0.25) is 14.4 Å². The monoisotopic (exact) mass is 256 g/mol. The standard InChI is InChI=1S/C12H20N2O4/c1-3-13(6-5-11(16)17)12(18)9-7-10(15)14(4-2)8-9/h9H,3-8H2,1-2H3,(H,16,17). The second-order valence-electron chi connectivity index (χ2n) is 4.40. The van der Waals surface area contributed by atoms with E-state index >= 15 is 0 Å². The Labute approximate surface area is 107 Å². The molecule has 1 aliphatic heterocycles. The molecule has 0 saturated carbocycles. The van der Waals surface area contributed by atoms with E-state index in [1.165, 1.54) is 4.90 Å². The first-order chi connectivity index (χ1) is 8.49. The van der Waals surface area contributed by atoms with Crippen LogP contribution in [0.15, 0.2) is 0 Å². The molecule has 1 heterocycles. The van der Waals surface area contributed by atoms with Crippen molar-refractivity contribution in [1.82, 2.24) is 9.80 Å². The highest BCUT2D eigenvalue weighted by Gasteiger charge is 2.35. The van der Waals surface area contributed by atoms with E-state index in [1.807, 2.05) is 13.8 Å². The van der Waals surface area contributed by atoms with Crippen molar-refractivity contribution in [2.75, 3.05) is 26.2 Å². The first kappa shape index (κ1) is 14.5. The third-order valence-corrected chi connectivity index (χ3v) is 3.23. The van der Waals surface area contributed by atoms with Gasteiger partial charge in [-0.2, -0.15) is 0 Å². The number of carbonyl (C=O) groups excluding carboxylic acids is 2. The molecule has 0 aromatic heterocycles. The van der Waals surface area contributed by atoms with Crippen molar-refractivity contribution < 1.29 is 19.5 Å². The van der Waals surface area contributed by atoms with E-state index in [4.69, 9.17) is 5.11 Å². The molecule has 1 unspecified atom stereocenters. The lowest BCUT2D eigenvalue weighted by atomic mass is 10.1. The molecular formula is C12H20N2O4. The zero-order chi connectivity index (χ0) is 13.7. The van der Waals surface area contributed by atoms with Crippen molar-refractivity contribution in [3.8, 4) is 0 Å². The number of carbonyl (C=O) groups is 3. The topological polar surface area (TPSA) is 77.9 Å². The number of amides is 2. The SMILES string of the molecule is CCN1CC(C(=O)N(CC)CCC(=O)O)CC1=O. The maximum Gasteiger partial charge on any atom is 0.305 e. The number of hydrogen-bond donors (Lipinski definition) is 1. The van der Waals surface area contributed by atoms with E-state index in [0.717, 1.165) is 0 Å². The zero-order valence-corrected chi connectivity index (χ0v) is 10.9. The number of rotatable bonds is 6. The number of nitrogens with zero attached hydrogens (tertiary/aromatic N) is 2. The lowest BCUT2D eigenvalue weighted by molar-refractivity contribution is -0.139. The average Bonchev–Trinajstić information content (AvgIpc) is 2.70. The molecule has 0 aromatic rings. The molecule has 6 heteroatoms. The second-order valence-corrected chi connectivity index (χ2v) is 4.40. The van der Waals surface area contributed by atoms with Crippen LogP contribution in [-0.2, 0) is 14.4 Å². The zero-order valence-electron chi connectivity index (χ0n) is 10.9. The van der Waals surface area contributed by atoms with E-state index in [-0.39, 0.29) is 37.1 Å². The fourth-order valence-electron chi connectivity index (χ4n) is 2.16. The predicted octanol–water partition coefficient (Wildman–Crippen LogP) is 0.178. The number of carboxylic acids is 1.